The van der Waals surface area contributed by atoms with Crippen LogP contribution in [0.1, 0.15) is 30.1 Å². The fraction of sp³-hybridized carbons (Fsp3) is 0.529. The van der Waals surface area contributed by atoms with Crippen molar-refractivity contribution in [3.05, 3.63) is 23.8 Å². The number of likely N-dealkylation sites (tertiary alicyclic amines) is 1. The first kappa shape index (κ1) is 15.9. The summed E-state index contributed by atoms with van der Waals surface area (Å²) < 4.78 is 11.4. The number of carbonyl (C=O) groups is 2. The van der Waals surface area contributed by atoms with E-state index in [0.29, 0.717) is 44.7 Å². The Morgan fingerprint density at radius 1 is 1.29 bits per heavy atom. The molecule has 2 amide bonds. The second-order valence-electron chi connectivity index (χ2n) is 6.36. The maximum Gasteiger partial charge on any atom is 0.253 e. The van der Waals surface area contributed by atoms with Gasteiger partial charge in [0.15, 0.2) is 5.79 Å². The monoisotopic (exact) mass is 348 g/mol. The van der Waals surface area contributed by atoms with Gasteiger partial charge in [0.2, 0.25) is 5.91 Å². The molecule has 4 rings (SSSR count). The molecule has 1 atom stereocenters. The van der Waals surface area contributed by atoms with Crippen LogP contribution < -0.4 is 5.32 Å². The number of benzene rings is 1. The topological polar surface area (TPSA) is 67.9 Å². The van der Waals surface area contributed by atoms with Gasteiger partial charge in [-0.2, -0.15) is 0 Å². The molecule has 0 aromatic heterocycles. The van der Waals surface area contributed by atoms with Crippen molar-refractivity contribution in [2.45, 2.75) is 35.7 Å². The van der Waals surface area contributed by atoms with Crippen molar-refractivity contribution in [2.24, 2.45) is 0 Å². The molecule has 1 spiro atoms. The zero-order valence-electron chi connectivity index (χ0n) is 13.5. The van der Waals surface area contributed by atoms with Crippen LogP contribution >= 0.6 is 11.8 Å². The van der Waals surface area contributed by atoms with Crippen LogP contribution in [0.3, 0.4) is 0 Å². The van der Waals surface area contributed by atoms with Gasteiger partial charge < -0.3 is 19.7 Å². The normalized spacial score (nSPS) is 25.5. The first-order valence-corrected chi connectivity index (χ1v) is 9.13. The molecule has 0 unspecified atom stereocenters. The number of ether oxygens (including phenoxy) is 2. The summed E-state index contributed by atoms with van der Waals surface area (Å²) in [5.41, 5.74) is 1.33. The van der Waals surface area contributed by atoms with Crippen LogP contribution in [-0.2, 0) is 14.3 Å². The highest BCUT2D eigenvalue weighted by Gasteiger charge is 2.41. The summed E-state index contributed by atoms with van der Waals surface area (Å²) in [5.74, 6) is -0.510. The number of piperidine rings is 1. The Labute approximate surface area is 144 Å². The van der Waals surface area contributed by atoms with Crippen LogP contribution in [0.2, 0.25) is 0 Å². The van der Waals surface area contributed by atoms with Crippen LogP contribution in [0.15, 0.2) is 23.1 Å². The van der Waals surface area contributed by atoms with Gasteiger partial charge >= 0.3 is 0 Å². The van der Waals surface area contributed by atoms with Gasteiger partial charge in [0.05, 0.1) is 24.2 Å². The average Bonchev–Trinajstić information content (AvgIpc) is 3.04. The summed E-state index contributed by atoms with van der Waals surface area (Å²) in [6, 6.07) is 5.53. The smallest absolute Gasteiger partial charge is 0.253 e. The highest BCUT2D eigenvalue weighted by molar-refractivity contribution is 8.00. The molecule has 0 saturated carbocycles. The van der Waals surface area contributed by atoms with E-state index in [1.807, 2.05) is 24.0 Å². The molecule has 1 aromatic rings. The molecule has 1 aromatic carbocycles. The van der Waals surface area contributed by atoms with E-state index in [4.69, 9.17) is 9.47 Å². The standard InChI is InChI=1S/C17H20N2O4S/c1-11-15(20)18-13-10-12(2-3-14(13)24-11)16(21)19-6-4-17(5-7-19)22-8-9-23-17/h2-3,10-11H,4-9H2,1H3,(H,18,20)/t11-/m1/s1. The van der Waals surface area contributed by atoms with E-state index in [9.17, 15) is 9.59 Å². The SMILES string of the molecule is C[C@H]1Sc2ccc(C(=O)N3CCC4(CC3)OCCO4)cc2NC1=O. The lowest BCUT2D eigenvalue weighted by molar-refractivity contribution is -0.181. The van der Waals surface area contributed by atoms with Crippen molar-refractivity contribution in [3.63, 3.8) is 0 Å². The number of carbonyl (C=O) groups excluding carboxylic acids is 2. The van der Waals surface area contributed by atoms with E-state index >= 15 is 0 Å². The van der Waals surface area contributed by atoms with E-state index in [1.54, 1.807) is 6.07 Å². The van der Waals surface area contributed by atoms with Gasteiger partial charge in [-0.3, -0.25) is 9.59 Å². The molecule has 2 fully saturated rings. The molecule has 3 heterocycles. The molecule has 128 valence electrons. The lowest BCUT2D eigenvalue weighted by Gasteiger charge is -2.37. The second-order valence-corrected chi connectivity index (χ2v) is 7.74. The highest BCUT2D eigenvalue weighted by Crippen LogP contribution is 2.37. The number of hydrogen-bond donors (Lipinski definition) is 1. The van der Waals surface area contributed by atoms with Crippen LogP contribution in [0.4, 0.5) is 5.69 Å². The molecule has 1 N–H and O–H groups in total. The molecular weight excluding hydrogens is 328 g/mol. The summed E-state index contributed by atoms with van der Waals surface area (Å²) in [6.07, 6.45) is 1.40. The van der Waals surface area contributed by atoms with E-state index in [-0.39, 0.29) is 17.1 Å². The Bertz CT molecular complexity index is 677. The minimum atomic E-state index is -0.479. The zero-order chi connectivity index (χ0) is 16.7. The molecule has 24 heavy (non-hydrogen) atoms. The Kier molecular flexibility index (Phi) is 4.02. The van der Waals surface area contributed by atoms with Gasteiger partial charge in [-0.25, -0.2) is 0 Å². The maximum absolute atomic E-state index is 12.8. The van der Waals surface area contributed by atoms with Crippen molar-refractivity contribution in [3.8, 4) is 0 Å². The van der Waals surface area contributed by atoms with Crippen LogP contribution in [-0.4, -0.2) is 54.1 Å². The van der Waals surface area contributed by atoms with Crippen LogP contribution in [0.25, 0.3) is 0 Å². The fourth-order valence-corrected chi connectivity index (χ4v) is 4.29. The third-order valence-electron chi connectivity index (χ3n) is 4.78. The minimum Gasteiger partial charge on any atom is -0.347 e. The highest BCUT2D eigenvalue weighted by atomic mass is 32.2. The number of nitrogens with zero attached hydrogens (tertiary/aromatic N) is 1. The summed E-state index contributed by atoms with van der Waals surface area (Å²) in [5, 5.41) is 2.77. The summed E-state index contributed by atoms with van der Waals surface area (Å²) in [6.45, 7) is 4.38. The second kappa shape index (κ2) is 6.06. The fourth-order valence-electron chi connectivity index (χ4n) is 3.36. The molecule has 0 bridgehead atoms. The van der Waals surface area contributed by atoms with Gasteiger partial charge in [0.25, 0.3) is 5.91 Å². The van der Waals surface area contributed by atoms with Gasteiger partial charge in [0, 0.05) is 36.4 Å². The lowest BCUT2D eigenvalue weighted by Crippen LogP contribution is -2.47. The van der Waals surface area contributed by atoms with Crippen molar-refractivity contribution >= 4 is 29.3 Å². The van der Waals surface area contributed by atoms with E-state index in [1.165, 1.54) is 11.8 Å². The summed E-state index contributed by atoms with van der Waals surface area (Å²) in [4.78, 5) is 27.4. The molecule has 3 aliphatic rings. The number of fused-ring (bicyclic) bond motifs is 1. The molecule has 6 nitrogen and oxygen atoms in total. The van der Waals surface area contributed by atoms with Crippen LogP contribution in [0, 0.1) is 0 Å². The Morgan fingerprint density at radius 2 is 2.00 bits per heavy atom. The number of anilines is 1. The van der Waals surface area contributed by atoms with Crippen LogP contribution in [0.5, 0.6) is 0 Å². The molecule has 7 heteroatoms. The number of rotatable bonds is 1. The quantitative estimate of drug-likeness (QED) is 0.842. The molecular formula is C17H20N2O4S. The van der Waals surface area contributed by atoms with E-state index in [0.717, 1.165) is 10.6 Å². The Balaban J connectivity index is 1.47. The number of thioether (sulfide) groups is 1. The maximum atomic E-state index is 12.8. The van der Waals surface area contributed by atoms with Crippen molar-refractivity contribution in [2.75, 3.05) is 31.6 Å². The summed E-state index contributed by atoms with van der Waals surface area (Å²) >= 11 is 1.52. The van der Waals surface area contributed by atoms with Gasteiger partial charge in [0.1, 0.15) is 0 Å². The van der Waals surface area contributed by atoms with Gasteiger partial charge in [-0.15, -0.1) is 11.8 Å². The van der Waals surface area contributed by atoms with E-state index < -0.39 is 5.79 Å². The van der Waals surface area contributed by atoms with Crippen molar-refractivity contribution < 1.29 is 19.1 Å². The Morgan fingerprint density at radius 3 is 2.71 bits per heavy atom. The predicted molar refractivity (Wildman–Crippen MR) is 90.2 cm³/mol. The summed E-state index contributed by atoms with van der Waals surface area (Å²) in [7, 11) is 0. The first-order valence-electron chi connectivity index (χ1n) is 8.25. The first-order chi connectivity index (χ1) is 11.6. The van der Waals surface area contributed by atoms with Gasteiger partial charge in [-0.1, -0.05) is 0 Å². The van der Waals surface area contributed by atoms with Crippen molar-refractivity contribution in [1.29, 1.82) is 0 Å². The zero-order valence-corrected chi connectivity index (χ0v) is 14.4. The molecule has 0 aliphatic carbocycles. The molecule has 2 saturated heterocycles. The van der Waals surface area contributed by atoms with E-state index in [2.05, 4.69) is 5.32 Å². The third-order valence-corrected chi connectivity index (χ3v) is 5.96. The average molecular weight is 348 g/mol. The van der Waals surface area contributed by atoms with Crippen molar-refractivity contribution in [1.82, 2.24) is 4.90 Å². The minimum absolute atomic E-state index is 0.0106. The Hall–Kier alpha value is -1.57. The lowest BCUT2D eigenvalue weighted by atomic mass is 10.0. The number of hydrogen-bond acceptors (Lipinski definition) is 5. The number of nitrogens with one attached hydrogen (secondary N) is 1. The molecule has 0 radical (unpaired) electrons. The predicted octanol–water partition coefficient (Wildman–Crippen LogP) is 2.10. The number of amides is 2. The largest absolute Gasteiger partial charge is 0.347 e. The molecule has 3 aliphatic heterocycles. The van der Waals surface area contributed by atoms with Gasteiger partial charge in [-0.05, 0) is 25.1 Å². The third kappa shape index (κ3) is 2.81.